The normalized spacial score (nSPS) is 13.1. The molecule has 11 nitrogen and oxygen atoms in total. The van der Waals surface area contributed by atoms with Crippen LogP contribution in [0.15, 0.2) is 54.7 Å². The van der Waals surface area contributed by atoms with Crippen LogP contribution in [0.3, 0.4) is 0 Å². The minimum Gasteiger partial charge on any atom is -0.484 e. The van der Waals surface area contributed by atoms with Gasteiger partial charge in [-0.3, -0.25) is 14.8 Å². The number of aromatic nitrogens is 2. The van der Waals surface area contributed by atoms with Crippen LogP contribution in [-0.2, 0) is 9.53 Å². The Morgan fingerprint density at radius 1 is 1.09 bits per heavy atom. The van der Waals surface area contributed by atoms with Crippen LogP contribution in [0.25, 0.3) is 0 Å². The number of rotatable bonds is 8. The summed E-state index contributed by atoms with van der Waals surface area (Å²) < 4.78 is 10.8. The molecule has 0 unspecified atom stereocenters. The Balaban J connectivity index is 1.39. The van der Waals surface area contributed by atoms with Gasteiger partial charge in [-0.15, -0.1) is 0 Å². The third-order valence-electron chi connectivity index (χ3n) is 5.11. The molecule has 35 heavy (non-hydrogen) atoms. The van der Waals surface area contributed by atoms with Crippen molar-refractivity contribution < 1.29 is 24.3 Å². The van der Waals surface area contributed by atoms with E-state index in [0.29, 0.717) is 43.4 Å². The van der Waals surface area contributed by atoms with Crippen molar-refractivity contribution in [2.24, 2.45) is 0 Å². The van der Waals surface area contributed by atoms with Gasteiger partial charge >= 0.3 is 0 Å². The molecule has 0 aliphatic carbocycles. The maximum Gasteiger partial charge on any atom is 0.276 e. The number of carbonyl (C=O) groups is 2. The molecule has 1 fully saturated rings. The molecule has 4 rings (SSSR count). The summed E-state index contributed by atoms with van der Waals surface area (Å²) in [6.45, 7) is 2.19. The molecule has 1 aliphatic heterocycles. The van der Waals surface area contributed by atoms with Gasteiger partial charge < -0.3 is 25.0 Å². The molecule has 1 aliphatic rings. The van der Waals surface area contributed by atoms with Crippen molar-refractivity contribution in [1.29, 1.82) is 0 Å². The van der Waals surface area contributed by atoms with Crippen LogP contribution < -0.4 is 20.9 Å². The monoisotopic (exact) mass is 498 g/mol. The van der Waals surface area contributed by atoms with Gasteiger partial charge in [0.2, 0.25) is 5.95 Å². The lowest BCUT2D eigenvalue weighted by molar-refractivity contribution is -0.137. The lowest BCUT2D eigenvalue weighted by Crippen LogP contribution is -2.42. The largest absolute Gasteiger partial charge is 0.484 e. The molecular formula is C23H23ClN6O5. The second-order valence-electron chi connectivity index (χ2n) is 7.43. The number of halogens is 1. The van der Waals surface area contributed by atoms with Gasteiger partial charge in [-0.05, 0) is 36.4 Å². The van der Waals surface area contributed by atoms with E-state index in [9.17, 15) is 9.59 Å². The van der Waals surface area contributed by atoms with Crippen LogP contribution in [0.5, 0.6) is 5.75 Å². The van der Waals surface area contributed by atoms with Gasteiger partial charge in [0.1, 0.15) is 10.8 Å². The van der Waals surface area contributed by atoms with Crippen LogP contribution in [0.4, 0.5) is 23.1 Å². The predicted molar refractivity (Wildman–Crippen MR) is 129 cm³/mol. The number of para-hydroxylation sites is 1. The number of nitrogens with zero attached hydrogens (tertiary/aromatic N) is 3. The number of morpholine rings is 1. The molecule has 0 bridgehead atoms. The topological polar surface area (TPSA) is 138 Å². The molecule has 2 amide bonds. The highest BCUT2D eigenvalue weighted by atomic mass is 35.5. The summed E-state index contributed by atoms with van der Waals surface area (Å²) in [6, 6.07) is 13.6. The highest BCUT2D eigenvalue weighted by Crippen LogP contribution is 2.27. The van der Waals surface area contributed by atoms with Crippen LogP contribution >= 0.6 is 11.6 Å². The molecule has 1 saturated heterocycles. The summed E-state index contributed by atoms with van der Waals surface area (Å²) in [6.07, 6.45) is 1.42. The van der Waals surface area contributed by atoms with Crippen LogP contribution in [0.1, 0.15) is 10.4 Å². The van der Waals surface area contributed by atoms with E-state index in [4.69, 9.17) is 26.3 Å². The standard InChI is InChI=1S/C23H23ClN6O5/c24-18-13-25-23(28-21(18)27-19-4-2-1-3-17(19)22(32)29-33)26-15-5-7-16(8-6-15)35-14-20(31)30-9-11-34-12-10-30/h1-8,13,33H,9-12,14H2,(H,29,32)(H2,25,26,27,28). The number of anilines is 4. The zero-order valence-corrected chi connectivity index (χ0v) is 19.3. The van der Waals surface area contributed by atoms with Gasteiger partial charge in [-0.1, -0.05) is 23.7 Å². The Kier molecular flexibility index (Phi) is 7.93. The molecule has 3 aromatic rings. The molecule has 0 spiro atoms. The second-order valence-corrected chi connectivity index (χ2v) is 7.84. The highest BCUT2D eigenvalue weighted by Gasteiger charge is 2.17. The van der Waals surface area contributed by atoms with E-state index < -0.39 is 5.91 Å². The van der Waals surface area contributed by atoms with E-state index in [1.807, 2.05) is 0 Å². The fraction of sp³-hybridized carbons (Fsp3) is 0.217. The zero-order chi connectivity index (χ0) is 24.6. The van der Waals surface area contributed by atoms with E-state index in [2.05, 4.69) is 20.6 Å². The van der Waals surface area contributed by atoms with E-state index in [1.54, 1.807) is 58.9 Å². The van der Waals surface area contributed by atoms with Crippen molar-refractivity contribution >= 4 is 46.6 Å². The van der Waals surface area contributed by atoms with Gasteiger partial charge in [-0.2, -0.15) is 4.98 Å². The quantitative estimate of drug-likeness (QED) is 0.273. The Hall–Kier alpha value is -3.93. The minimum absolute atomic E-state index is 0.0438. The van der Waals surface area contributed by atoms with Gasteiger partial charge in [-0.25, -0.2) is 10.5 Å². The fourth-order valence-electron chi connectivity index (χ4n) is 3.31. The third-order valence-corrected chi connectivity index (χ3v) is 5.38. The van der Waals surface area contributed by atoms with Crippen LogP contribution in [0.2, 0.25) is 5.02 Å². The van der Waals surface area contributed by atoms with Gasteiger partial charge in [0, 0.05) is 18.8 Å². The number of nitrogens with one attached hydrogen (secondary N) is 3. The molecule has 0 atom stereocenters. The molecule has 2 aromatic carbocycles. The number of hydrogen-bond donors (Lipinski definition) is 4. The SMILES string of the molecule is O=C(NO)c1ccccc1Nc1nc(Nc2ccc(OCC(=O)N3CCOCC3)cc2)ncc1Cl. The number of benzene rings is 2. The first-order chi connectivity index (χ1) is 17.0. The first-order valence-corrected chi connectivity index (χ1v) is 11.1. The minimum atomic E-state index is -0.675. The molecule has 1 aromatic heterocycles. The molecule has 4 N–H and O–H groups in total. The maximum atomic E-state index is 12.2. The lowest BCUT2D eigenvalue weighted by Gasteiger charge is -2.26. The fourth-order valence-corrected chi connectivity index (χ4v) is 3.44. The average molecular weight is 499 g/mol. The van der Waals surface area contributed by atoms with E-state index >= 15 is 0 Å². The predicted octanol–water partition coefficient (Wildman–Crippen LogP) is 2.97. The Labute approximate surface area is 206 Å². The number of hydroxylamine groups is 1. The van der Waals surface area contributed by atoms with Crippen LogP contribution in [-0.4, -0.2) is 64.8 Å². The maximum absolute atomic E-state index is 12.2. The van der Waals surface area contributed by atoms with Crippen molar-refractivity contribution in [2.45, 2.75) is 0 Å². The summed E-state index contributed by atoms with van der Waals surface area (Å²) >= 11 is 6.23. The summed E-state index contributed by atoms with van der Waals surface area (Å²) in [5.41, 5.74) is 2.91. The van der Waals surface area contributed by atoms with Gasteiger partial charge in [0.15, 0.2) is 12.4 Å². The van der Waals surface area contributed by atoms with E-state index in [-0.39, 0.29) is 34.9 Å². The zero-order valence-electron chi connectivity index (χ0n) is 18.5. The first-order valence-electron chi connectivity index (χ1n) is 10.7. The molecule has 12 heteroatoms. The van der Waals surface area contributed by atoms with Crippen molar-refractivity contribution in [3.05, 3.63) is 65.3 Å². The third kappa shape index (κ3) is 6.35. The lowest BCUT2D eigenvalue weighted by atomic mass is 10.1. The first kappa shape index (κ1) is 24.2. The number of ether oxygens (including phenoxy) is 2. The highest BCUT2D eigenvalue weighted by molar-refractivity contribution is 6.33. The van der Waals surface area contributed by atoms with Crippen LogP contribution in [0, 0.1) is 0 Å². The average Bonchev–Trinajstić information content (AvgIpc) is 2.90. The Bertz CT molecular complexity index is 1190. The second kappa shape index (κ2) is 11.5. The Morgan fingerprint density at radius 3 is 2.57 bits per heavy atom. The summed E-state index contributed by atoms with van der Waals surface area (Å²) in [4.78, 5) is 34.4. The Morgan fingerprint density at radius 2 is 1.83 bits per heavy atom. The molecule has 2 heterocycles. The summed E-state index contributed by atoms with van der Waals surface area (Å²) in [5.74, 6) is 0.324. The number of amides is 2. The van der Waals surface area contributed by atoms with E-state index in [1.165, 1.54) is 6.20 Å². The summed E-state index contributed by atoms with van der Waals surface area (Å²) in [5, 5.41) is 15.3. The molecule has 0 saturated carbocycles. The number of carbonyl (C=O) groups excluding carboxylic acids is 2. The van der Waals surface area contributed by atoms with Crippen molar-refractivity contribution in [2.75, 3.05) is 43.5 Å². The number of hydrogen-bond acceptors (Lipinski definition) is 9. The molecular weight excluding hydrogens is 476 g/mol. The van der Waals surface area contributed by atoms with Crippen molar-refractivity contribution in [3.63, 3.8) is 0 Å². The van der Waals surface area contributed by atoms with Gasteiger partial charge in [0.05, 0.1) is 30.7 Å². The smallest absolute Gasteiger partial charge is 0.276 e. The summed E-state index contributed by atoms with van der Waals surface area (Å²) in [7, 11) is 0. The van der Waals surface area contributed by atoms with Gasteiger partial charge in [0.25, 0.3) is 11.8 Å². The van der Waals surface area contributed by atoms with E-state index in [0.717, 1.165) is 0 Å². The van der Waals surface area contributed by atoms with Crippen molar-refractivity contribution in [3.8, 4) is 5.75 Å². The van der Waals surface area contributed by atoms with Crippen molar-refractivity contribution in [1.82, 2.24) is 20.3 Å². The molecule has 182 valence electrons. The molecule has 0 radical (unpaired) electrons.